The molecule has 2 heterocycles. The molecule has 0 saturated carbocycles. The SMILES string of the molecule is CN1/C(=C/C=C/c2[te]c3ccccc3[n+]2C)[Te]c2ccccc21.Cc1ccc(S(=O)(=O)[O-])cc1. The quantitative estimate of drug-likeness (QED) is 0.188. The van der Waals surface area contributed by atoms with Gasteiger partial charge < -0.3 is 4.55 Å². The minimum absolute atomic E-state index is 0.178. The predicted octanol–water partition coefficient (Wildman–Crippen LogP) is 2.95. The molecule has 0 atom stereocenters. The van der Waals surface area contributed by atoms with Crippen LogP contribution < -0.4 is 13.1 Å². The molecule has 0 radical (unpaired) electrons. The Morgan fingerprint density at radius 2 is 1.65 bits per heavy atom. The molecule has 1 aliphatic heterocycles. The molecule has 0 aliphatic carbocycles. The fourth-order valence-corrected chi connectivity index (χ4v) is 9.99. The largest absolute Gasteiger partial charge is 0.744 e. The fraction of sp³-hybridized carbons (Fsp3) is 0.115. The van der Waals surface area contributed by atoms with Crippen LogP contribution >= 0.6 is 0 Å². The van der Waals surface area contributed by atoms with E-state index in [-0.39, 0.29) is 46.2 Å². The summed E-state index contributed by atoms with van der Waals surface area (Å²) in [5.74, 6) is 0. The second kappa shape index (κ2) is 10.8. The average Bonchev–Trinajstić information content (AvgIpc) is 3.31. The van der Waals surface area contributed by atoms with Crippen LogP contribution in [0.15, 0.2) is 93.6 Å². The number of aryl methyl sites for hydroxylation is 2. The standard InChI is InChI=1S/C19H17N2Te2.C7H8O3S/c1-20-14-8-3-5-10-16(14)22-18(20)12-7-13-19-21(2)15-9-4-6-11-17(15)23-19;1-6-2-4-7(5-3-6)11(8,9)10/h3-13H,1-2H3;2-5H,1H3,(H,8,9,10)/q+1;/p-1. The molecule has 0 spiro atoms. The van der Waals surface area contributed by atoms with Gasteiger partial charge in [-0.3, -0.25) is 0 Å². The van der Waals surface area contributed by atoms with E-state index >= 15 is 0 Å². The van der Waals surface area contributed by atoms with Crippen molar-refractivity contribution in [3.05, 3.63) is 98.0 Å². The van der Waals surface area contributed by atoms with Gasteiger partial charge in [0.2, 0.25) is 0 Å². The summed E-state index contributed by atoms with van der Waals surface area (Å²) in [6, 6.07) is 23.4. The van der Waals surface area contributed by atoms with E-state index in [1.165, 1.54) is 30.8 Å². The second-order valence-electron chi connectivity index (χ2n) is 7.73. The molecule has 5 rings (SSSR count). The third-order valence-corrected chi connectivity index (χ3v) is 12.9. The molecule has 0 fully saturated rings. The zero-order chi connectivity index (χ0) is 24.3. The third kappa shape index (κ3) is 5.83. The molecule has 1 aliphatic rings. The van der Waals surface area contributed by atoms with Gasteiger partial charge in [-0.2, -0.15) is 0 Å². The van der Waals surface area contributed by atoms with Crippen molar-refractivity contribution >= 4 is 75.8 Å². The van der Waals surface area contributed by atoms with E-state index in [0.717, 1.165) is 5.56 Å². The molecule has 0 unspecified atom stereocenters. The minimum Gasteiger partial charge on any atom is -0.744 e. The Balaban J connectivity index is 0.000000210. The molecule has 8 heteroatoms. The van der Waals surface area contributed by atoms with Gasteiger partial charge in [-0.15, -0.1) is 0 Å². The Kier molecular flexibility index (Phi) is 8.00. The van der Waals surface area contributed by atoms with Gasteiger partial charge in [0.15, 0.2) is 0 Å². The van der Waals surface area contributed by atoms with E-state index in [2.05, 4.69) is 90.3 Å². The van der Waals surface area contributed by atoms with E-state index in [9.17, 15) is 13.0 Å². The number of anilines is 1. The first kappa shape index (κ1) is 25.2. The molecule has 34 heavy (non-hydrogen) atoms. The van der Waals surface area contributed by atoms with Gasteiger partial charge in [-0.1, -0.05) is 17.7 Å². The number of hydrogen-bond acceptors (Lipinski definition) is 4. The van der Waals surface area contributed by atoms with Crippen molar-refractivity contribution in [2.45, 2.75) is 11.8 Å². The third-order valence-electron chi connectivity index (χ3n) is 5.33. The Morgan fingerprint density at radius 3 is 2.32 bits per heavy atom. The number of rotatable bonds is 3. The Hall–Kier alpha value is -1.90. The smallest absolute Gasteiger partial charge is 0.124 e. The molecular weight excluding hydrogens is 676 g/mol. The second-order valence-corrected chi connectivity index (χ2v) is 15.2. The molecule has 3 aromatic carbocycles. The van der Waals surface area contributed by atoms with E-state index in [4.69, 9.17) is 0 Å². The topological polar surface area (TPSA) is 64.3 Å². The fourth-order valence-electron chi connectivity index (χ4n) is 3.45. The first-order chi connectivity index (χ1) is 16.2. The van der Waals surface area contributed by atoms with Crippen molar-refractivity contribution < 1.29 is 17.5 Å². The van der Waals surface area contributed by atoms with Crippen LogP contribution in [0.4, 0.5) is 5.69 Å². The van der Waals surface area contributed by atoms with Crippen molar-refractivity contribution in [2.75, 3.05) is 11.9 Å². The monoisotopic (exact) mass is 704 g/mol. The predicted molar refractivity (Wildman–Crippen MR) is 139 cm³/mol. The van der Waals surface area contributed by atoms with Gasteiger partial charge in [-0.05, 0) is 19.1 Å². The van der Waals surface area contributed by atoms with Gasteiger partial charge in [-0.25, -0.2) is 8.42 Å². The summed E-state index contributed by atoms with van der Waals surface area (Å²) in [5, 5.41) is 0. The molecule has 174 valence electrons. The maximum absolute atomic E-state index is 10.4. The molecule has 1 aromatic heterocycles. The van der Waals surface area contributed by atoms with Gasteiger partial charge in [0.25, 0.3) is 0 Å². The van der Waals surface area contributed by atoms with Gasteiger partial charge >= 0.3 is 157 Å². The summed E-state index contributed by atoms with van der Waals surface area (Å²) in [4.78, 5) is 2.18. The van der Waals surface area contributed by atoms with Crippen LogP contribution in [-0.4, -0.2) is 61.4 Å². The van der Waals surface area contributed by atoms with Crippen LogP contribution in [0.5, 0.6) is 0 Å². The maximum atomic E-state index is 10.4. The Morgan fingerprint density at radius 1 is 0.971 bits per heavy atom. The van der Waals surface area contributed by atoms with Crippen LogP contribution in [-0.2, 0) is 17.2 Å². The number of aromatic nitrogens is 1. The first-order valence-corrected chi connectivity index (χ1v) is 16.6. The van der Waals surface area contributed by atoms with E-state index in [0.29, 0.717) is 0 Å². The number of benzene rings is 3. The van der Waals surface area contributed by atoms with Crippen molar-refractivity contribution in [3.8, 4) is 0 Å². The average molecular weight is 700 g/mol. The minimum atomic E-state index is -4.27. The summed E-state index contributed by atoms with van der Waals surface area (Å²) in [5.41, 5.74) is 3.71. The number of allylic oxidation sites excluding steroid dienone is 2. The zero-order valence-corrected chi connectivity index (χ0v) is 24.5. The summed E-state index contributed by atoms with van der Waals surface area (Å²) in [7, 11) is 0.110. The molecule has 5 nitrogen and oxygen atoms in total. The molecule has 0 saturated heterocycles. The maximum Gasteiger partial charge on any atom is 0.124 e. The zero-order valence-electron chi connectivity index (χ0n) is 19.0. The van der Waals surface area contributed by atoms with E-state index in [1.54, 1.807) is 19.1 Å². The Bertz CT molecular complexity index is 1490. The normalized spacial score (nSPS) is 14.5. The number of para-hydroxylation sites is 2. The molecule has 4 aromatic rings. The van der Waals surface area contributed by atoms with Crippen LogP contribution in [0.1, 0.15) is 9.27 Å². The molecule has 0 N–H and O–H groups in total. The molecule has 0 bridgehead atoms. The molecular formula is C26H24N2O3STe2. The van der Waals surface area contributed by atoms with Crippen molar-refractivity contribution in [1.82, 2.24) is 0 Å². The van der Waals surface area contributed by atoms with Crippen LogP contribution in [0.3, 0.4) is 0 Å². The summed E-state index contributed by atoms with van der Waals surface area (Å²) < 4.78 is 39.6. The molecule has 0 amide bonds. The van der Waals surface area contributed by atoms with Crippen molar-refractivity contribution in [2.24, 2.45) is 7.05 Å². The van der Waals surface area contributed by atoms with Gasteiger partial charge in [0.1, 0.15) is 10.1 Å². The van der Waals surface area contributed by atoms with Crippen LogP contribution in [0.25, 0.3) is 15.0 Å². The van der Waals surface area contributed by atoms with Gasteiger partial charge in [0, 0.05) is 0 Å². The summed E-state index contributed by atoms with van der Waals surface area (Å²) >= 11 is -0.478. The van der Waals surface area contributed by atoms with Gasteiger partial charge in [0.05, 0.1) is 4.90 Å². The number of fused-ring (bicyclic) bond motifs is 2. The Labute approximate surface area is 220 Å². The van der Waals surface area contributed by atoms with Crippen LogP contribution in [0.2, 0.25) is 0 Å². The van der Waals surface area contributed by atoms with Crippen molar-refractivity contribution in [3.63, 3.8) is 0 Å². The first-order valence-electron chi connectivity index (χ1n) is 10.5. The number of nitrogens with zero attached hydrogens (tertiary/aromatic N) is 2. The number of hydrogen-bond donors (Lipinski definition) is 0. The van der Waals surface area contributed by atoms with Crippen LogP contribution in [0, 0.1) is 6.92 Å². The van der Waals surface area contributed by atoms with Crippen molar-refractivity contribution in [1.29, 1.82) is 0 Å². The summed E-state index contributed by atoms with van der Waals surface area (Å²) in [6.45, 7) is 1.82. The van der Waals surface area contributed by atoms with E-state index in [1.807, 2.05) is 6.92 Å². The van der Waals surface area contributed by atoms with E-state index < -0.39 is 10.1 Å². The summed E-state index contributed by atoms with van der Waals surface area (Å²) in [6.07, 6.45) is 6.89.